The van der Waals surface area contributed by atoms with Crippen molar-refractivity contribution in [2.75, 3.05) is 12.3 Å². The molecular weight excluding hydrogens is 254 g/mol. The molecule has 1 rings (SSSR count). The van der Waals surface area contributed by atoms with Crippen molar-refractivity contribution in [1.82, 2.24) is 4.98 Å². The average Bonchev–Trinajstić information content (AvgIpc) is 2.38. The molecule has 0 aromatic carbocycles. The van der Waals surface area contributed by atoms with E-state index >= 15 is 0 Å². The van der Waals surface area contributed by atoms with Crippen LogP contribution in [-0.4, -0.2) is 38.9 Å². The minimum Gasteiger partial charge on any atom is -0.478 e. The van der Waals surface area contributed by atoms with E-state index < -0.39 is 18.2 Å². The van der Waals surface area contributed by atoms with Crippen LogP contribution in [0.4, 0.5) is 5.82 Å². The van der Waals surface area contributed by atoms with Crippen LogP contribution in [0, 0.1) is 0 Å². The number of carbonyl (C=O) groups is 1. The molecule has 0 fully saturated rings. The molecule has 0 aliphatic rings. The van der Waals surface area contributed by atoms with Gasteiger partial charge in [0.25, 0.3) is 0 Å². The summed E-state index contributed by atoms with van der Waals surface area (Å²) < 4.78 is 0. The Bertz CT molecular complexity index is 515. The molecule has 0 saturated carbocycles. The molecule has 1 heterocycles. The van der Waals surface area contributed by atoms with E-state index in [0.717, 1.165) is 12.3 Å². The van der Waals surface area contributed by atoms with E-state index in [1.807, 2.05) is 0 Å². The third-order valence-electron chi connectivity index (χ3n) is 2.47. The Kier molecular flexibility index (Phi) is 5.07. The lowest BCUT2D eigenvalue weighted by Crippen LogP contribution is -2.21. The molecule has 9 nitrogen and oxygen atoms in total. The minimum atomic E-state index is -1.40. The van der Waals surface area contributed by atoms with Gasteiger partial charge in [-0.05, 0) is 18.0 Å². The first kappa shape index (κ1) is 14.7. The first-order valence-electron chi connectivity index (χ1n) is 5.33. The van der Waals surface area contributed by atoms with Gasteiger partial charge in [0, 0.05) is 23.2 Å². The Balaban J connectivity index is 2.91. The van der Waals surface area contributed by atoms with Crippen LogP contribution in [0.5, 0.6) is 0 Å². The van der Waals surface area contributed by atoms with Crippen LogP contribution in [0.25, 0.3) is 10.4 Å². The van der Waals surface area contributed by atoms with E-state index in [9.17, 15) is 15.0 Å². The monoisotopic (exact) mass is 267 g/mol. The fraction of sp³-hybridized carbons (Fsp3) is 0.400. The molecule has 2 atom stereocenters. The lowest BCUT2D eigenvalue weighted by molar-refractivity contribution is 0.0152. The molecule has 0 saturated heterocycles. The topological polar surface area (TPSA) is 165 Å². The number of hydrogen-bond donors (Lipinski definition) is 4. The summed E-state index contributed by atoms with van der Waals surface area (Å²) in [4.78, 5) is 16.9. The van der Waals surface area contributed by atoms with Gasteiger partial charge in [0.2, 0.25) is 0 Å². The highest BCUT2D eigenvalue weighted by molar-refractivity contribution is 5.87. The molecule has 0 spiro atoms. The maximum absolute atomic E-state index is 10.8. The van der Waals surface area contributed by atoms with Gasteiger partial charge in [-0.1, -0.05) is 5.11 Å². The maximum atomic E-state index is 10.8. The van der Waals surface area contributed by atoms with Crippen molar-refractivity contribution in [3.05, 3.63) is 33.8 Å². The zero-order chi connectivity index (χ0) is 14.4. The van der Waals surface area contributed by atoms with Gasteiger partial charge in [0.1, 0.15) is 11.9 Å². The third kappa shape index (κ3) is 3.81. The van der Waals surface area contributed by atoms with Crippen LogP contribution in [0.2, 0.25) is 0 Å². The highest BCUT2D eigenvalue weighted by atomic mass is 16.4. The number of aromatic carboxylic acids is 1. The van der Waals surface area contributed by atoms with Crippen LogP contribution >= 0.6 is 0 Å². The van der Waals surface area contributed by atoms with Crippen LogP contribution in [-0.2, 0) is 0 Å². The molecule has 0 amide bonds. The van der Waals surface area contributed by atoms with Crippen molar-refractivity contribution in [2.24, 2.45) is 5.11 Å². The molecule has 19 heavy (non-hydrogen) atoms. The number of carboxylic acid groups (broad SMARTS) is 1. The lowest BCUT2D eigenvalue weighted by Gasteiger charge is -2.18. The zero-order valence-electron chi connectivity index (χ0n) is 9.84. The van der Waals surface area contributed by atoms with Gasteiger partial charge in [-0.2, -0.15) is 0 Å². The summed E-state index contributed by atoms with van der Waals surface area (Å²) >= 11 is 0. The summed E-state index contributed by atoms with van der Waals surface area (Å²) in [5, 5.41) is 31.6. The summed E-state index contributed by atoms with van der Waals surface area (Å²) in [5.41, 5.74) is 13.5. The lowest BCUT2D eigenvalue weighted by atomic mass is 10.0. The number of pyridine rings is 1. The van der Waals surface area contributed by atoms with Gasteiger partial charge < -0.3 is 21.1 Å². The smallest absolute Gasteiger partial charge is 0.337 e. The van der Waals surface area contributed by atoms with E-state index in [4.69, 9.17) is 16.4 Å². The van der Waals surface area contributed by atoms with Crippen LogP contribution in [0.1, 0.15) is 28.4 Å². The number of hydrogen-bond acceptors (Lipinski definition) is 6. The summed E-state index contributed by atoms with van der Waals surface area (Å²) in [6.45, 7) is 0.000676. The number of aliphatic hydroxyl groups is 2. The predicted molar refractivity (Wildman–Crippen MR) is 65.2 cm³/mol. The highest BCUT2D eigenvalue weighted by Gasteiger charge is 2.22. The predicted octanol–water partition coefficient (Wildman–Crippen LogP) is 0.457. The number of rotatable bonds is 6. The van der Waals surface area contributed by atoms with E-state index in [2.05, 4.69) is 15.0 Å². The Labute approximate surface area is 107 Å². The minimum absolute atomic E-state index is 0.000676. The molecule has 0 bridgehead atoms. The molecule has 1 aromatic rings. The molecule has 1 aromatic heterocycles. The van der Waals surface area contributed by atoms with E-state index in [1.54, 1.807) is 0 Å². The molecule has 102 valence electrons. The Morgan fingerprint density at radius 3 is 2.84 bits per heavy atom. The molecule has 0 radical (unpaired) electrons. The van der Waals surface area contributed by atoms with Gasteiger partial charge in [-0.15, -0.1) is 0 Å². The van der Waals surface area contributed by atoms with Crippen molar-refractivity contribution in [3.63, 3.8) is 0 Å². The number of nitrogen functional groups attached to an aromatic ring is 1. The van der Waals surface area contributed by atoms with Gasteiger partial charge >= 0.3 is 5.97 Å². The Morgan fingerprint density at radius 2 is 2.26 bits per heavy atom. The van der Waals surface area contributed by atoms with Crippen LogP contribution in [0.3, 0.4) is 0 Å². The molecular formula is C10H13N5O4. The number of carboxylic acids is 1. The summed E-state index contributed by atoms with van der Waals surface area (Å²) in [5.74, 6) is -1.29. The van der Waals surface area contributed by atoms with Crippen molar-refractivity contribution in [2.45, 2.75) is 18.6 Å². The van der Waals surface area contributed by atoms with E-state index in [-0.39, 0.29) is 29.9 Å². The Morgan fingerprint density at radius 1 is 1.58 bits per heavy atom. The second-order valence-corrected chi connectivity index (χ2v) is 3.76. The summed E-state index contributed by atoms with van der Waals surface area (Å²) in [6.07, 6.45) is -1.57. The van der Waals surface area contributed by atoms with Crippen molar-refractivity contribution < 1.29 is 20.1 Å². The van der Waals surface area contributed by atoms with Gasteiger partial charge in [-0.25, -0.2) is 9.78 Å². The fourth-order valence-electron chi connectivity index (χ4n) is 1.45. The van der Waals surface area contributed by atoms with Crippen LogP contribution < -0.4 is 5.73 Å². The number of anilines is 1. The maximum Gasteiger partial charge on any atom is 0.337 e. The third-order valence-corrected chi connectivity index (χ3v) is 2.47. The first-order chi connectivity index (χ1) is 8.97. The fourth-order valence-corrected chi connectivity index (χ4v) is 1.45. The van der Waals surface area contributed by atoms with Crippen molar-refractivity contribution in [1.29, 1.82) is 0 Å². The highest BCUT2D eigenvalue weighted by Crippen LogP contribution is 2.24. The van der Waals surface area contributed by atoms with E-state index in [1.165, 1.54) is 0 Å². The SMILES string of the molecule is [N-]=[N+]=NCCC(O)C(O)c1cc(C(=O)O)cnc1N. The first-order valence-corrected chi connectivity index (χ1v) is 5.33. The molecule has 2 unspecified atom stereocenters. The van der Waals surface area contributed by atoms with Crippen molar-refractivity contribution in [3.8, 4) is 0 Å². The molecule has 0 aliphatic carbocycles. The largest absolute Gasteiger partial charge is 0.478 e. The molecule has 5 N–H and O–H groups in total. The second kappa shape index (κ2) is 6.55. The van der Waals surface area contributed by atoms with Gasteiger partial charge in [-0.3, -0.25) is 0 Å². The van der Waals surface area contributed by atoms with Crippen molar-refractivity contribution >= 4 is 11.8 Å². The molecule has 9 heteroatoms. The van der Waals surface area contributed by atoms with Gasteiger partial charge in [0.15, 0.2) is 0 Å². The standard InChI is InChI=1S/C10H13N5O4/c11-9-6(3-5(4-13-9)10(18)19)8(17)7(16)1-2-14-15-12/h3-4,7-8,16-17H,1-2H2,(H2,11,13)(H,18,19). The molecule has 0 aliphatic heterocycles. The number of aromatic nitrogens is 1. The average molecular weight is 267 g/mol. The van der Waals surface area contributed by atoms with E-state index in [0.29, 0.717) is 0 Å². The summed E-state index contributed by atoms with van der Waals surface area (Å²) in [7, 11) is 0. The quantitative estimate of drug-likeness (QED) is 0.332. The normalized spacial score (nSPS) is 13.4. The Hall–Kier alpha value is -2.35. The number of nitrogens with two attached hydrogens (primary N) is 1. The summed E-state index contributed by atoms with van der Waals surface area (Å²) in [6, 6.07) is 1.14. The van der Waals surface area contributed by atoms with Crippen LogP contribution in [0.15, 0.2) is 17.4 Å². The van der Waals surface area contributed by atoms with Gasteiger partial charge in [0.05, 0.1) is 11.7 Å². The second-order valence-electron chi connectivity index (χ2n) is 3.76. The zero-order valence-corrected chi connectivity index (χ0v) is 9.84. The number of azide groups is 1. The number of aliphatic hydroxyl groups excluding tert-OH is 2. The number of nitrogens with zero attached hydrogens (tertiary/aromatic N) is 4.